The van der Waals surface area contributed by atoms with Crippen molar-refractivity contribution in [3.63, 3.8) is 0 Å². The van der Waals surface area contributed by atoms with Crippen molar-refractivity contribution < 1.29 is 4.79 Å². The van der Waals surface area contributed by atoms with Crippen LogP contribution < -0.4 is 14.8 Å². The van der Waals surface area contributed by atoms with Crippen LogP contribution in [0.1, 0.15) is 21.5 Å². The monoisotopic (exact) mass is 366 g/mol. The van der Waals surface area contributed by atoms with E-state index in [1.807, 2.05) is 6.07 Å². The third kappa shape index (κ3) is 4.13. The van der Waals surface area contributed by atoms with Gasteiger partial charge in [-0.2, -0.15) is 5.26 Å². The largest absolute Gasteiger partial charge is 0.313 e. The van der Waals surface area contributed by atoms with Crippen LogP contribution in [0.5, 0.6) is 0 Å². The lowest BCUT2D eigenvalue weighted by Gasteiger charge is -1.95. The molecule has 6 heteroatoms. The molecule has 1 heterocycles. The average Bonchev–Trinajstić information content (AvgIpc) is 2.94. The quantitative estimate of drug-likeness (QED) is 0.723. The van der Waals surface area contributed by atoms with Crippen molar-refractivity contribution in [2.45, 2.75) is 0 Å². The molecule has 0 atom stereocenters. The van der Waals surface area contributed by atoms with Crippen molar-refractivity contribution in [1.29, 1.82) is 5.26 Å². The molecule has 0 unspecified atom stereocenters. The number of hydrogen-bond donors (Lipinski definition) is 1. The van der Waals surface area contributed by atoms with Crippen molar-refractivity contribution in [2.75, 3.05) is 0 Å². The van der Waals surface area contributed by atoms with Crippen molar-refractivity contribution in [1.82, 2.24) is 4.98 Å². The number of Topliss-reactive ketones (excluding diaryl/α,β-unsaturated/α-hetero) is 1. The molecule has 25 heavy (non-hydrogen) atoms. The Labute approximate surface area is 152 Å². The van der Waals surface area contributed by atoms with E-state index >= 15 is 0 Å². The highest BCUT2D eigenvalue weighted by Gasteiger charge is 2.04. The number of H-pyrrole nitrogens is 1. The maximum absolute atomic E-state index is 12.2. The van der Waals surface area contributed by atoms with Crippen molar-refractivity contribution in [2.24, 2.45) is 0 Å². The van der Waals surface area contributed by atoms with Crippen LogP contribution in [-0.4, -0.2) is 10.8 Å². The molecule has 0 aliphatic carbocycles. The number of halogens is 1. The van der Waals surface area contributed by atoms with Gasteiger partial charge in [0.1, 0.15) is 0 Å². The molecule has 4 nitrogen and oxygen atoms in total. The van der Waals surface area contributed by atoms with Gasteiger partial charge in [-0.1, -0.05) is 35.9 Å². The van der Waals surface area contributed by atoms with Crippen molar-refractivity contribution in [3.8, 4) is 6.07 Å². The molecular formula is C19H11ClN2O2S. The van der Waals surface area contributed by atoms with Crippen molar-refractivity contribution in [3.05, 3.63) is 89.8 Å². The zero-order valence-electron chi connectivity index (χ0n) is 12.8. The highest BCUT2D eigenvalue weighted by Crippen LogP contribution is 2.11. The summed E-state index contributed by atoms with van der Waals surface area (Å²) in [6.45, 7) is 0. The number of benzene rings is 2. The molecule has 0 amide bonds. The van der Waals surface area contributed by atoms with E-state index in [9.17, 15) is 9.59 Å². The lowest BCUT2D eigenvalue weighted by Crippen LogP contribution is -2.20. The lowest BCUT2D eigenvalue weighted by molar-refractivity contribution is 0.106. The van der Waals surface area contributed by atoms with Gasteiger partial charge in [-0.25, -0.2) is 0 Å². The minimum Gasteiger partial charge on any atom is -0.313 e. The number of nitriles is 1. The second-order valence-corrected chi connectivity index (χ2v) is 6.70. The second-order valence-electron chi connectivity index (χ2n) is 5.18. The van der Waals surface area contributed by atoms with Crippen LogP contribution in [0.2, 0.25) is 5.02 Å². The van der Waals surface area contributed by atoms with E-state index in [0.29, 0.717) is 25.3 Å². The number of nitrogens with one attached hydrogen (secondary N) is 1. The SMILES string of the molecule is N#Cc1ccc(/C=c2/s/c(=C/C(=O)c3cccc(Cl)c3)[nH]c2=O)cc1. The predicted molar refractivity (Wildman–Crippen MR) is 99.2 cm³/mol. The van der Waals surface area contributed by atoms with Crippen molar-refractivity contribution >= 4 is 40.9 Å². The number of hydrogen-bond acceptors (Lipinski definition) is 4. The highest BCUT2D eigenvalue weighted by molar-refractivity contribution is 7.07. The highest BCUT2D eigenvalue weighted by atomic mass is 35.5. The van der Waals surface area contributed by atoms with E-state index in [-0.39, 0.29) is 11.3 Å². The first-order valence-corrected chi connectivity index (χ1v) is 8.47. The van der Waals surface area contributed by atoms with Gasteiger partial charge in [-0.3, -0.25) is 9.59 Å². The Hall–Kier alpha value is -2.94. The summed E-state index contributed by atoms with van der Waals surface area (Å²) in [5, 5.41) is 9.28. The molecule has 0 bridgehead atoms. The van der Waals surface area contributed by atoms with Gasteiger partial charge < -0.3 is 4.98 Å². The lowest BCUT2D eigenvalue weighted by atomic mass is 10.1. The van der Waals surface area contributed by atoms with Crippen LogP contribution in [0.15, 0.2) is 53.3 Å². The number of aromatic amines is 1. The Morgan fingerprint density at radius 3 is 2.64 bits per heavy atom. The molecule has 0 spiro atoms. The van der Waals surface area contributed by atoms with Crippen LogP contribution in [0.4, 0.5) is 0 Å². The van der Waals surface area contributed by atoms with Gasteiger partial charge in [-0.05, 0) is 35.9 Å². The zero-order chi connectivity index (χ0) is 17.8. The molecule has 3 rings (SSSR count). The van der Waals surface area contributed by atoms with Gasteiger partial charge in [0, 0.05) is 16.7 Å². The molecule has 0 saturated heterocycles. The molecule has 1 N–H and O–H groups in total. The van der Waals surface area contributed by atoms with Crippen LogP contribution in [0.25, 0.3) is 12.2 Å². The molecular weight excluding hydrogens is 356 g/mol. The molecule has 122 valence electrons. The van der Waals surface area contributed by atoms with Gasteiger partial charge >= 0.3 is 0 Å². The molecule has 0 fully saturated rings. The first-order valence-electron chi connectivity index (χ1n) is 7.28. The van der Waals surface area contributed by atoms with E-state index < -0.39 is 0 Å². The number of rotatable bonds is 3. The summed E-state index contributed by atoms with van der Waals surface area (Å²) in [4.78, 5) is 27.0. The van der Waals surface area contributed by atoms with Gasteiger partial charge in [0.2, 0.25) is 0 Å². The van der Waals surface area contributed by atoms with Crippen LogP contribution >= 0.6 is 22.9 Å². The summed E-state index contributed by atoms with van der Waals surface area (Å²) in [5.74, 6) is -0.232. The third-order valence-corrected chi connectivity index (χ3v) is 4.59. The predicted octanol–water partition coefficient (Wildman–Crippen LogP) is 2.45. The Balaban J connectivity index is 1.96. The Morgan fingerprint density at radius 1 is 1.20 bits per heavy atom. The van der Waals surface area contributed by atoms with E-state index in [2.05, 4.69) is 4.98 Å². The smallest absolute Gasteiger partial charge is 0.266 e. The summed E-state index contributed by atoms with van der Waals surface area (Å²) in [7, 11) is 0. The Morgan fingerprint density at radius 2 is 1.96 bits per heavy atom. The maximum atomic E-state index is 12.2. The third-order valence-electron chi connectivity index (χ3n) is 3.39. The fraction of sp³-hybridized carbons (Fsp3) is 0. The standard InChI is InChI=1S/C19H11ClN2O2S/c20-15-3-1-2-14(9-15)16(23)10-18-22-19(24)17(25-18)8-12-4-6-13(11-21)7-5-12/h1-10H,(H,22,24)/b17-8+,18-10+. The van der Waals surface area contributed by atoms with Crippen LogP contribution in [0.3, 0.4) is 0 Å². The van der Waals surface area contributed by atoms with Crippen LogP contribution in [0, 0.1) is 11.3 Å². The Kier molecular flexibility index (Phi) is 4.94. The normalized spacial score (nSPS) is 12.2. The molecule has 0 radical (unpaired) electrons. The van der Waals surface area contributed by atoms with E-state index in [1.165, 1.54) is 17.4 Å². The summed E-state index contributed by atoms with van der Waals surface area (Å²) < 4.78 is 0.949. The number of carbonyl (C=O) groups is 1. The summed E-state index contributed by atoms with van der Waals surface area (Å²) >= 11 is 7.08. The first kappa shape index (κ1) is 16.9. The molecule has 2 aromatic carbocycles. The summed E-state index contributed by atoms with van der Waals surface area (Å²) in [6.07, 6.45) is 3.10. The van der Waals surface area contributed by atoms with E-state index in [4.69, 9.17) is 16.9 Å². The van der Waals surface area contributed by atoms with E-state index in [1.54, 1.807) is 54.6 Å². The minimum absolute atomic E-state index is 0.232. The molecule has 0 aliphatic heterocycles. The second kappa shape index (κ2) is 7.31. The molecule has 0 saturated carbocycles. The number of aromatic nitrogens is 1. The number of ketones is 1. The Bertz CT molecular complexity index is 1150. The number of nitrogens with zero attached hydrogens (tertiary/aromatic N) is 1. The number of thiazole rings is 1. The zero-order valence-corrected chi connectivity index (χ0v) is 14.4. The summed E-state index contributed by atoms with van der Waals surface area (Å²) in [5.41, 5.74) is 1.55. The maximum Gasteiger partial charge on any atom is 0.266 e. The average molecular weight is 367 g/mol. The fourth-order valence-corrected chi connectivity index (χ4v) is 3.25. The fourth-order valence-electron chi connectivity index (χ4n) is 2.17. The number of carbonyl (C=O) groups excluding carboxylic acids is 1. The molecule has 1 aromatic heterocycles. The molecule has 3 aromatic rings. The first-order chi connectivity index (χ1) is 12.0. The van der Waals surface area contributed by atoms with Gasteiger partial charge in [-0.15, -0.1) is 11.3 Å². The molecule has 0 aliphatic rings. The van der Waals surface area contributed by atoms with Crippen LogP contribution in [-0.2, 0) is 0 Å². The van der Waals surface area contributed by atoms with Gasteiger partial charge in [0.15, 0.2) is 5.78 Å². The van der Waals surface area contributed by atoms with E-state index in [0.717, 1.165) is 5.56 Å². The minimum atomic E-state index is -0.264. The topological polar surface area (TPSA) is 73.7 Å². The van der Waals surface area contributed by atoms with Gasteiger partial charge in [0.25, 0.3) is 5.56 Å². The van der Waals surface area contributed by atoms with Gasteiger partial charge in [0.05, 0.1) is 20.8 Å². The summed E-state index contributed by atoms with van der Waals surface area (Å²) in [6, 6.07) is 15.6.